The Hall–Kier alpha value is -0.290. The van der Waals surface area contributed by atoms with Crippen LogP contribution < -0.4 is 10.5 Å². The van der Waals surface area contributed by atoms with E-state index in [1.165, 1.54) is 4.88 Å². The number of ether oxygens (including phenoxy) is 1. The summed E-state index contributed by atoms with van der Waals surface area (Å²) in [6.45, 7) is 3.71. The Morgan fingerprint density at radius 2 is 2.27 bits per heavy atom. The van der Waals surface area contributed by atoms with Gasteiger partial charge in [0.1, 0.15) is 5.75 Å². The number of nitrogens with two attached hydrogens (primary N) is 1. The Morgan fingerprint density at radius 1 is 1.60 bits per heavy atom. The number of methoxy groups -OCH3 is 1. The molecule has 0 aliphatic heterocycles. The van der Waals surface area contributed by atoms with Crippen molar-refractivity contribution in [3.63, 3.8) is 0 Å². The molecule has 0 spiro atoms. The predicted octanol–water partition coefficient (Wildman–Crippen LogP) is 1.96. The normalized spacial score (nSPS) is 12.3. The molecule has 15 heavy (non-hydrogen) atoms. The maximum atomic E-state index is 5.60. The molecule has 1 rings (SSSR count). The van der Waals surface area contributed by atoms with Gasteiger partial charge in [-0.15, -0.1) is 23.7 Å². The van der Waals surface area contributed by atoms with E-state index >= 15 is 0 Å². The van der Waals surface area contributed by atoms with Gasteiger partial charge in [-0.25, -0.2) is 0 Å². The highest BCUT2D eigenvalue weighted by molar-refractivity contribution is 7.10. The van der Waals surface area contributed by atoms with Gasteiger partial charge in [0.05, 0.1) is 12.0 Å². The van der Waals surface area contributed by atoms with Gasteiger partial charge < -0.3 is 10.5 Å². The predicted molar refractivity (Wildman–Crippen MR) is 68.1 cm³/mol. The van der Waals surface area contributed by atoms with Crippen LogP contribution in [-0.2, 0) is 6.54 Å². The van der Waals surface area contributed by atoms with Crippen molar-refractivity contribution in [2.75, 3.05) is 20.7 Å². The van der Waals surface area contributed by atoms with Crippen LogP contribution in [0, 0.1) is 0 Å². The van der Waals surface area contributed by atoms with E-state index in [0.717, 1.165) is 12.3 Å². The van der Waals surface area contributed by atoms with Crippen LogP contribution in [0.25, 0.3) is 0 Å². The van der Waals surface area contributed by atoms with Gasteiger partial charge >= 0.3 is 0 Å². The summed E-state index contributed by atoms with van der Waals surface area (Å²) in [5.74, 6) is 0.978. The van der Waals surface area contributed by atoms with Crippen LogP contribution in [-0.4, -0.2) is 31.6 Å². The number of likely N-dealkylation sites (N-methyl/N-ethyl adjacent to an activating group) is 1. The second-order valence-electron chi connectivity index (χ2n) is 3.41. The number of thiophene rings is 1. The summed E-state index contributed by atoms with van der Waals surface area (Å²) >= 11 is 1.72. The van der Waals surface area contributed by atoms with Crippen LogP contribution >= 0.6 is 23.7 Å². The summed E-state index contributed by atoms with van der Waals surface area (Å²) in [5, 5.41) is 2.05. The maximum absolute atomic E-state index is 5.60. The van der Waals surface area contributed by atoms with Crippen molar-refractivity contribution in [1.29, 1.82) is 0 Å². The first-order valence-corrected chi connectivity index (χ1v) is 5.57. The van der Waals surface area contributed by atoms with Crippen LogP contribution in [0.5, 0.6) is 5.75 Å². The second-order valence-corrected chi connectivity index (χ2v) is 4.41. The largest absolute Gasteiger partial charge is 0.496 e. The highest BCUT2D eigenvalue weighted by atomic mass is 35.5. The quantitative estimate of drug-likeness (QED) is 0.868. The number of halogens is 1. The molecule has 0 saturated carbocycles. The summed E-state index contributed by atoms with van der Waals surface area (Å²) in [7, 11) is 3.79. The highest BCUT2D eigenvalue weighted by Crippen LogP contribution is 2.25. The summed E-state index contributed by atoms with van der Waals surface area (Å²) < 4.78 is 5.25. The van der Waals surface area contributed by atoms with Crippen LogP contribution in [0.4, 0.5) is 0 Å². The molecule has 5 heteroatoms. The molecular formula is C10H19ClN2OS. The zero-order valence-corrected chi connectivity index (χ0v) is 11.0. The van der Waals surface area contributed by atoms with Gasteiger partial charge in [-0.3, -0.25) is 4.90 Å². The molecule has 0 aliphatic rings. The number of nitrogens with zero attached hydrogens (tertiary/aromatic N) is 1. The molecule has 0 fully saturated rings. The van der Waals surface area contributed by atoms with Crippen molar-refractivity contribution in [2.45, 2.75) is 19.5 Å². The minimum atomic E-state index is 0. The van der Waals surface area contributed by atoms with Crippen molar-refractivity contribution in [3.05, 3.63) is 16.3 Å². The van der Waals surface area contributed by atoms with Gasteiger partial charge in [0.25, 0.3) is 0 Å². The van der Waals surface area contributed by atoms with E-state index in [4.69, 9.17) is 10.5 Å². The van der Waals surface area contributed by atoms with Gasteiger partial charge in [0.15, 0.2) is 0 Å². The lowest BCUT2D eigenvalue weighted by Gasteiger charge is -2.22. The first-order chi connectivity index (χ1) is 6.69. The molecule has 0 amide bonds. The van der Waals surface area contributed by atoms with Crippen molar-refractivity contribution < 1.29 is 4.74 Å². The minimum Gasteiger partial charge on any atom is -0.496 e. The molecule has 0 aliphatic carbocycles. The first kappa shape index (κ1) is 14.7. The lowest BCUT2D eigenvalue weighted by molar-refractivity contribution is 0.253. The Morgan fingerprint density at radius 3 is 2.80 bits per heavy atom. The summed E-state index contributed by atoms with van der Waals surface area (Å²) in [6, 6.07) is 2.41. The molecule has 0 aromatic carbocycles. The average molecular weight is 251 g/mol. The number of rotatable bonds is 5. The Labute approximate surface area is 102 Å². The van der Waals surface area contributed by atoms with E-state index in [1.807, 2.05) is 6.07 Å². The SMILES string of the molecule is COc1ccsc1CN(C)C(C)CN.Cl. The lowest BCUT2D eigenvalue weighted by atomic mass is 10.3. The van der Waals surface area contributed by atoms with E-state index in [2.05, 4.69) is 24.3 Å². The van der Waals surface area contributed by atoms with E-state index < -0.39 is 0 Å². The van der Waals surface area contributed by atoms with Crippen LogP contribution in [0.1, 0.15) is 11.8 Å². The van der Waals surface area contributed by atoms with Crippen LogP contribution in [0.3, 0.4) is 0 Å². The van der Waals surface area contributed by atoms with Crippen molar-refractivity contribution >= 4 is 23.7 Å². The van der Waals surface area contributed by atoms with Gasteiger partial charge in [-0.05, 0) is 25.4 Å². The molecule has 0 bridgehead atoms. The number of hydrogen-bond donors (Lipinski definition) is 1. The topological polar surface area (TPSA) is 38.5 Å². The van der Waals surface area contributed by atoms with Crippen molar-refractivity contribution in [1.82, 2.24) is 4.90 Å². The molecule has 1 aromatic rings. The zero-order valence-electron chi connectivity index (χ0n) is 9.40. The first-order valence-electron chi connectivity index (χ1n) is 4.69. The summed E-state index contributed by atoms with van der Waals surface area (Å²) in [6.07, 6.45) is 0. The summed E-state index contributed by atoms with van der Waals surface area (Å²) in [4.78, 5) is 3.49. The molecule has 88 valence electrons. The smallest absolute Gasteiger partial charge is 0.134 e. The molecule has 1 heterocycles. The minimum absolute atomic E-state index is 0. The van der Waals surface area contributed by atoms with Gasteiger partial charge in [-0.2, -0.15) is 0 Å². The van der Waals surface area contributed by atoms with Gasteiger partial charge in [0, 0.05) is 19.1 Å². The molecule has 3 nitrogen and oxygen atoms in total. The molecule has 0 saturated heterocycles. The summed E-state index contributed by atoms with van der Waals surface area (Å²) in [5.41, 5.74) is 5.60. The molecule has 2 N–H and O–H groups in total. The fraction of sp³-hybridized carbons (Fsp3) is 0.600. The molecule has 1 aromatic heterocycles. The van der Waals surface area contributed by atoms with E-state index in [0.29, 0.717) is 12.6 Å². The molecule has 0 radical (unpaired) electrons. The monoisotopic (exact) mass is 250 g/mol. The highest BCUT2D eigenvalue weighted by Gasteiger charge is 2.11. The molecular weight excluding hydrogens is 232 g/mol. The Balaban J connectivity index is 0.00000196. The third kappa shape index (κ3) is 3.99. The zero-order chi connectivity index (χ0) is 10.6. The molecule has 1 atom stereocenters. The van der Waals surface area contributed by atoms with Gasteiger partial charge in [-0.1, -0.05) is 0 Å². The fourth-order valence-corrected chi connectivity index (χ4v) is 2.09. The average Bonchev–Trinajstić information content (AvgIpc) is 2.63. The fourth-order valence-electron chi connectivity index (χ4n) is 1.19. The van der Waals surface area contributed by atoms with Crippen molar-refractivity contribution in [3.8, 4) is 5.75 Å². The van der Waals surface area contributed by atoms with Crippen LogP contribution in [0.2, 0.25) is 0 Å². The van der Waals surface area contributed by atoms with E-state index in [-0.39, 0.29) is 12.4 Å². The maximum Gasteiger partial charge on any atom is 0.134 e. The number of hydrogen-bond acceptors (Lipinski definition) is 4. The Kier molecular flexibility index (Phi) is 6.92. The van der Waals surface area contributed by atoms with E-state index in [1.54, 1.807) is 18.4 Å². The second kappa shape index (κ2) is 7.06. The Bertz CT molecular complexity index is 280. The van der Waals surface area contributed by atoms with Crippen molar-refractivity contribution in [2.24, 2.45) is 5.73 Å². The third-order valence-electron chi connectivity index (χ3n) is 2.41. The van der Waals surface area contributed by atoms with Gasteiger partial charge in [0.2, 0.25) is 0 Å². The standard InChI is InChI=1S/C10H18N2OS.ClH/c1-8(6-11)12(2)7-10-9(13-3)4-5-14-10;/h4-5,8H,6-7,11H2,1-3H3;1H. The lowest BCUT2D eigenvalue weighted by Crippen LogP contribution is -2.34. The third-order valence-corrected chi connectivity index (χ3v) is 3.30. The van der Waals surface area contributed by atoms with Crippen LogP contribution in [0.15, 0.2) is 11.4 Å². The molecule has 1 unspecified atom stereocenters. The van der Waals surface area contributed by atoms with E-state index in [9.17, 15) is 0 Å².